The third-order valence-corrected chi connectivity index (χ3v) is 2.23. The second-order valence-corrected chi connectivity index (χ2v) is 4.96. The smallest absolute Gasteiger partial charge is 0.196 e. The third kappa shape index (κ3) is 3.43. The van der Waals surface area contributed by atoms with Crippen molar-refractivity contribution in [3.8, 4) is 0 Å². The minimum Gasteiger partial charge on any atom is -0.383 e. The molecule has 1 rings (SSSR count). The van der Waals surface area contributed by atoms with Crippen LogP contribution in [0.15, 0.2) is 12.1 Å². The average Bonchev–Trinajstić information content (AvgIpc) is 2.16. The van der Waals surface area contributed by atoms with E-state index in [2.05, 4.69) is 26.1 Å². The zero-order valence-corrected chi connectivity index (χ0v) is 9.70. The van der Waals surface area contributed by atoms with Crippen LogP contribution in [0.3, 0.4) is 0 Å². The highest BCUT2D eigenvalue weighted by molar-refractivity contribution is 5.45. The van der Waals surface area contributed by atoms with E-state index >= 15 is 0 Å². The normalized spacial score (nSPS) is 11.6. The van der Waals surface area contributed by atoms with Gasteiger partial charge in [-0.1, -0.05) is 20.8 Å². The molecule has 90 valence electrons. The first-order valence-corrected chi connectivity index (χ1v) is 5.18. The lowest BCUT2D eigenvalue weighted by atomic mass is 9.92. The predicted molar refractivity (Wildman–Crippen MR) is 58.9 cm³/mol. The first kappa shape index (κ1) is 12.9. The third-order valence-electron chi connectivity index (χ3n) is 2.23. The quantitative estimate of drug-likeness (QED) is 0.776. The first-order valence-electron chi connectivity index (χ1n) is 5.18. The van der Waals surface area contributed by atoms with Crippen LogP contribution in [-0.4, -0.2) is 6.54 Å². The zero-order valence-electron chi connectivity index (χ0n) is 9.70. The van der Waals surface area contributed by atoms with Gasteiger partial charge in [0, 0.05) is 6.54 Å². The summed E-state index contributed by atoms with van der Waals surface area (Å²) in [5.74, 6) is -3.76. The average molecular weight is 231 g/mol. The van der Waals surface area contributed by atoms with Gasteiger partial charge in [-0.15, -0.1) is 0 Å². The van der Waals surface area contributed by atoms with Crippen molar-refractivity contribution < 1.29 is 13.2 Å². The van der Waals surface area contributed by atoms with Gasteiger partial charge in [0.15, 0.2) is 17.5 Å². The molecule has 0 atom stereocenters. The highest BCUT2D eigenvalue weighted by Gasteiger charge is 2.14. The Morgan fingerprint density at radius 1 is 1.06 bits per heavy atom. The summed E-state index contributed by atoms with van der Waals surface area (Å²) in [5, 5.41) is 2.76. The van der Waals surface area contributed by atoms with Crippen molar-refractivity contribution in [2.45, 2.75) is 27.2 Å². The Balaban J connectivity index is 2.65. The van der Waals surface area contributed by atoms with Gasteiger partial charge in [0.25, 0.3) is 0 Å². The Morgan fingerprint density at radius 2 is 1.69 bits per heavy atom. The molecule has 0 saturated heterocycles. The van der Waals surface area contributed by atoms with Gasteiger partial charge in [0.2, 0.25) is 0 Å². The maximum absolute atomic E-state index is 13.2. The predicted octanol–water partition coefficient (Wildman–Crippen LogP) is 3.95. The van der Waals surface area contributed by atoms with Gasteiger partial charge in [0.05, 0.1) is 5.69 Å². The molecule has 1 aromatic rings. The molecule has 0 spiro atoms. The van der Waals surface area contributed by atoms with E-state index < -0.39 is 17.5 Å². The van der Waals surface area contributed by atoms with Gasteiger partial charge in [-0.05, 0) is 24.0 Å². The summed E-state index contributed by atoms with van der Waals surface area (Å²) < 4.78 is 38.7. The highest BCUT2D eigenvalue weighted by atomic mass is 19.2. The van der Waals surface area contributed by atoms with Gasteiger partial charge in [-0.3, -0.25) is 0 Å². The minimum atomic E-state index is -1.43. The summed E-state index contributed by atoms with van der Waals surface area (Å²) in [6.45, 7) is 6.67. The number of hydrogen-bond acceptors (Lipinski definition) is 1. The fourth-order valence-corrected chi connectivity index (χ4v) is 1.23. The van der Waals surface area contributed by atoms with Crippen molar-refractivity contribution in [1.29, 1.82) is 0 Å². The van der Waals surface area contributed by atoms with E-state index in [0.29, 0.717) is 6.54 Å². The summed E-state index contributed by atoms with van der Waals surface area (Å²) in [5.41, 5.74) is 0.116. The molecule has 1 N–H and O–H groups in total. The van der Waals surface area contributed by atoms with Gasteiger partial charge < -0.3 is 5.32 Å². The van der Waals surface area contributed by atoms with Crippen LogP contribution in [0.25, 0.3) is 0 Å². The van der Waals surface area contributed by atoms with E-state index in [4.69, 9.17) is 0 Å². The van der Waals surface area contributed by atoms with Gasteiger partial charge in [-0.2, -0.15) is 0 Å². The fraction of sp³-hybridized carbons (Fsp3) is 0.500. The summed E-state index contributed by atoms with van der Waals surface area (Å²) in [6.07, 6.45) is 0.811. The Hall–Kier alpha value is -1.19. The molecular formula is C12H16F3N. The molecule has 0 unspecified atom stereocenters. The molecule has 0 radical (unpaired) electrons. The zero-order chi connectivity index (χ0) is 12.3. The maximum Gasteiger partial charge on any atom is 0.196 e. The van der Waals surface area contributed by atoms with Crippen molar-refractivity contribution in [2.75, 3.05) is 11.9 Å². The van der Waals surface area contributed by atoms with Gasteiger partial charge >= 0.3 is 0 Å². The Bertz CT molecular complexity index is 369. The molecule has 16 heavy (non-hydrogen) atoms. The largest absolute Gasteiger partial charge is 0.383 e. The summed E-state index contributed by atoms with van der Waals surface area (Å²) in [7, 11) is 0. The molecule has 1 nitrogen and oxygen atoms in total. The van der Waals surface area contributed by atoms with E-state index in [-0.39, 0.29) is 11.1 Å². The number of halogens is 3. The van der Waals surface area contributed by atoms with Crippen LogP contribution in [0.5, 0.6) is 0 Å². The first-order chi connectivity index (χ1) is 7.31. The number of rotatable bonds is 3. The molecule has 0 heterocycles. The standard InChI is InChI=1S/C12H16F3N/c1-12(2,3)6-7-16-9-5-4-8(13)10(14)11(9)15/h4-5,16H,6-7H2,1-3H3. The lowest BCUT2D eigenvalue weighted by molar-refractivity contribution is 0.389. The summed E-state index contributed by atoms with van der Waals surface area (Å²) >= 11 is 0. The monoisotopic (exact) mass is 231 g/mol. The van der Waals surface area contributed by atoms with Crippen LogP contribution in [0.4, 0.5) is 18.9 Å². The van der Waals surface area contributed by atoms with E-state index in [1.807, 2.05) is 0 Å². The number of nitrogens with one attached hydrogen (secondary N) is 1. The lowest BCUT2D eigenvalue weighted by Crippen LogP contribution is -2.13. The molecule has 4 heteroatoms. The molecule has 0 bridgehead atoms. The second-order valence-electron chi connectivity index (χ2n) is 4.96. The second kappa shape index (κ2) is 4.76. The molecular weight excluding hydrogens is 215 g/mol. The highest BCUT2D eigenvalue weighted by Crippen LogP contribution is 2.22. The Labute approximate surface area is 93.7 Å². The van der Waals surface area contributed by atoms with Crippen LogP contribution in [0.1, 0.15) is 27.2 Å². The number of anilines is 1. The molecule has 0 amide bonds. The van der Waals surface area contributed by atoms with Crippen molar-refractivity contribution in [1.82, 2.24) is 0 Å². The van der Waals surface area contributed by atoms with Crippen LogP contribution in [0, 0.1) is 22.9 Å². The van der Waals surface area contributed by atoms with Crippen LogP contribution in [0.2, 0.25) is 0 Å². The Morgan fingerprint density at radius 3 is 2.25 bits per heavy atom. The van der Waals surface area contributed by atoms with Crippen molar-refractivity contribution >= 4 is 5.69 Å². The SMILES string of the molecule is CC(C)(C)CCNc1ccc(F)c(F)c1F. The molecule has 0 aliphatic heterocycles. The van der Waals surface area contributed by atoms with E-state index in [1.165, 1.54) is 6.07 Å². The summed E-state index contributed by atoms with van der Waals surface area (Å²) in [6, 6.07) is 2.12. The van der Waals surface area contributed by atoms with Crippen LogP contribution >= 0.6 is 0 Å². The molecule has 0 aromatic heterocycles. The molecule has 0 aliphatic rings. The van der Waals surface area contributed by atoms with E-state index in [9.17, 15) is 13.2 Å². The van der Waals surface area contributed by atoms with Crippen molar-refractivity contribution in [3.63, 3.8) is 0 Å². The van der Waals surface area contributed by atoms with Crippen molar-refractivity contribution in [2.24, 2.45) is 5.41 Å². The molecule has 0 saturated carbocycles. The lowest BCUT2D eigenvalue weighted by Gasteiger charge is -2.18. The van der Waals surface area contributed by atoms with Crippen LogP contribution < -0.4 is 5.32 Å². The molecule has 0 fully saturated rings. The molecule has 1 aromatic carbocycles. The van der Waals surface area contributed by atoms with Crippen molar-refractivity contribution in [3.05, 3.63) is 29.6 Å². The van der Waals surface area contributed by atoms with Gasteiger partial charge in [-0.25, -0.2) is 13.2 Å². The van der Waals surface area contributed by atoms with Crippen LogP contribution in [-0.2, 0) is 0 Å². The minimum absolute atomic E-state index is 0.00292. The molecule has 0 aliphatic carbocycles. The van der Waals surface area contributed by atoms with E-state index in [0.717, 1.165) is 12.5 Å². The van der Waals surface area contributed by atoms with Gasteiger partial charge in [0.1, 0.15) is 0 Å². The Kier molecular flexibility index (Phi) is 3.83. The fourth-order valence-electron chi connectivity index (χ4n) is 1.23. The maximum atomic E-state index is 13.2. The summed E-state index contributed by atoms with van der Waals surface area (Å²) in [4.78, 5) is 0. The van der Waals surface area contributed by atoms with E-state index in [1.54, 1.807) is 0 Å². The number of benzene rings is 1. The topological polar surface area (TPSA) is 12.0 Å². The number of hydrogen-bond donors (Lipinski definition) is 1.